The summed E-state index contributed by atoms with van der Waals surface area (Å²) >= 11 is 1.50. The summed E-state index contributed by atoms with van der Waals surface area (Å²) in [5, 5.41) is 8.60. The topological polar surface area (TPSA) is 74.7 Å². The van der Waals surface area contributed by atoms with Crippen LogP contribution in [0.15, 0.2) is 11.8 Å². The van der Waals surface area contributed by atoms with Gasteiger partial charge in [0.1, 0.15) is 21.1 Å². The van der Waals surface area contributed by atoms with E-state index in [4.69, 9.17) is 5.11 Å². The summed E-state index contributed by atoms with van der Waals surface area (Å²) in [6.07, 6.45) is 1.55. The predicted molar refractivity (Wildman–Crippen MR) is 51.7 cm³/mol. The van der Waals surface area contributed by atoms with E-state index in [1.807, 2.05) is 0 Å². The van der Waals surface area contributed by atoms with Gasteiger partial charge in [-0.25, -0.2) is 9.00 Å². The van der Waals surface area contributed by atoms with E-state index in [2.05, 4.69) is 0 Å². The summed E-state index contributed by atoms with van der Waals surface area (Å²) in [4.78, 5) is 23.1. The van der Waals surface area contributed by atoms with Crippen molar-refractivity contribution >= 4 is 39.1 Å². The predicted octanol–water partition coefficient (Wildman–Crippen LogP) is -0.397. The monoisotopic (exact) mass is 231 g/mol. The minimum absolute atomic E-state index is 0.0941. The molecule has 0 spiro atoms. The molecule has 74 valence electrons. The molecule has 0 aliphatic carbocycles. The smallest absolute Gasteiger partial charge is 0.352 e. The Bertz CT molecular complexity index is 410. The third kappa shape index (κ3) is 1.28. The lowest BCUT2D eigenvalue weighted by atomic mass is 10.1. The first kappa shape index (κ1) is 9.47. The molecule has 0 saturated carbocycles. The molecule has 0 radical (unpaired) electrons. The summed E-state index contributed by atoms with van der Waals surface area (Å²) < 4.78 is 10.9. The van der Waals surface area contributed by atoms with Crippen molar-refractivity contribution in [2.75, 3.05) is 0 Å². The minimum Gasteiger partial charge on any atom is -0.477 e. The van der Waals surface area contributed by atoms with Crippen LogP contribution in [0.25, 0.3) is 0 Å². The number of thioether (sulfide) groups is 1. The van der Waals surface area contributed by atoms with E-state index in [-0.39, 0.29) is 28.2 Å². The molecule has 5 nitrogen and oxygen atoms in total. The summed E-state index contributed by atoms with van der Waals surface area (Å²) in [5.74, 6) is -1.37. The number of amides is 1. The fraction of sp³-hybridized carbons (Fsp3) is 0.286. The average Bonchev–Trinajstić information content (AvgIpc) is 2.14. The highest BCUT2D eigenvalue weighted by Crippen LogP contribution is 2.37. The lowest BCUT2D eigenvalue weighted by Gasteiger charge is -2.41. The van der Waals surface area contributed by atoms with E-state index in [9.17, 15) is 13.8 Å². The molecule has 0 aromatic rings. The molecule has 1 saturated heterocycles. The van der Waals surface area contributed by atoms with Crippen molar-refractivity contribution in [3.63, 3.8) is 0 Å². The Morgan fingerprint density at radius 2 is 2.43 bits per heavy atom. The van der Waals surface area contributed by atoms with E-state index in [0.29, 0.717) is 10.6 Å². The van der Waals surface area contributed by atoms with Crippen LogP contribution in [0.2, 0.25) is 0 Å². The second-order valence-electron chi connectivity index (χ2n) is 2.78. The number of aliphatic carboxylic acids is 1. The van der Waals surface area contributed by atoms with Crippen molar-refractivity contribution < 1.29 is 18.9 Å². The number of hydrogen-bond acceptors (Lipinski definition) is 4. The van der Waals surface area contributed by atoms with Gasteiger partial charge >= 0.3 is 5.97 Å². The summed E-state index contributed by atoms with van der Waals surface area (Å²) in [6, 6.07) is 0. The number of rotatable bonds is 1. The quantitative estimate of drug-likeness (QED) is 0.491. The number of fused-ring (bicyclic) bond motifs is 1. The number of β-lactam (4-membered cyclic amide) rings is 1. The van der Waals surface area contributed by atoms with E-state index in [1.165, 1.54) is 22.7 Å². The lowest BCUT2D eigenvalue weighted by Crippen LogP contribution is -2.53. The Morgan fingerprint density at radius 3 is 2.93 bits per heavy atom. The molecule has 0 aromatic heterocycles. The number of hydrogen-bond donors (Lipinski definition) is 1. The molecule has 1 fully saturated rings. The van der Waals surface area contributed by atoms with Crippen LogP contribution in [0.1, 0.15) is 6.42 Å². The third-order valence-corrected chi connectivity index (χ3v) is 3.75. The number of carboxylic acid groups (broad SMARTS) is 1. The van der Waals surface area contributed by atoms with Crippen LogP contribution in [0.3, 0.4) is 0 Å². The standard InChI is InChI=1S/C7H5NO4S2/c9-4-2-5-8(4)3(7(10)11)1-6(13-5)14-12/h1,5H,2H2,(H,10,11)/t5-/m0/s1. The summed E-state index contributed by atoms with van der Waals surface area (Å²) in [5.41, 5.74) is -0.0941. The zero-order chi connectivity index (χ0) is 10.3. The minimum atomic E-state index is -1.17. The molecule has 1 N–H and O–H groups in total. The molecule has 0 aromatic carbocycles. The Kier molecular flexibility index (Phi) is 2.20. The normalized spacial score (nSPS) is 25.0. The molecule has 2 aliphatic heterocycles. The van der Waals surface area contributed by atoms with Gasteiger partial charge in [-0.1, -0.05) is 11.8 Å². The van der Waals surface area contributed by atoms with Crippen LogP contribution in [-0.2, 0) is 20.8 Å². The van der Waals surface area contributed by atoms with Crippen molar-refractivity contribution in [1.82, 2.24) is 4.90 Å². The SMILES string of the molecule is O=S=C1C=C(C(=O)O)N2C(=O)C[C@@H]2S1. The van der Waals surface area contributed by atoms with Crippen LogP contribution in [-0.4, -0.2) is 35.7 Å². The number of nitrogens with zero attached hydrogens (tertiary/aromatic N) is 1. The van der Waals surface area contributed by atoms with Crippen LogP contribution in [0.5, 0.6) is 0 Å². The molecule has 14 heavy (non-hydrogen) atoms. The fourth-order valence-electron chi connectivity index (χ4n) is 1.33. The molecular formula is C7H5NO4S2. The van der Waals surface area contributed by atoms with Crippen LogP contribution in [0.4, 0.5) is 0 Å². The first-order valence-electron chi connectivity index (χ1n) is 3.74. The molecule has 2 rings (SSSR count). The van der Waals surface area contributed by atoms with Gasteiger partial charge in [0.05, 0.1) is 11.8 Å². The molecule has 1 amide bonds. The van der Waals surface area contributed by atoms with Crippen molar-refractivity contribution in [2.45, 2.75) is 11.8 Å². The van der Waals surface area contributed by atoms with Crippen molar-refractivity contribution in [3.05, 3.63) is 11.8 Å². The van der Waals surface area contributed by atoms with Crippen molar-refractivity contribution in [3.8, 4) is 0 Å². The van der Waals surface area contributed by atoms with E-state index < -0.39 is 5.97 Å². The second kappa shape index (κ2) is 3.25. The molecule has 2 heterocycles. The van der Waals surface area contributed by atoms with E-state index in [1.54, 1.807) is 0 Å². The van der Waals surface area contributed by atoms with Gasteiger partial charge in [-0.3, -0.25) is 9.69 Å². The fourth-order valence-corrected chi connectivity index (χ4v) is 2.99. The van der Waals surface area contributed by atoms with Crippen molar-refractivity contribution in [2.24, 2.45) is 0 Å². The zero-order valence-electron chi connectivity index (χ0n) is 6.80. The largest absolute Gasteiger partial charge is 0.477 e. The summed E-state index contributed by atoms with van der Waals surface area (Å²) in [6.45, 7) is 0. The first-order valence-corrected chi connectivity index (χ1v) is 5.36. The van der Waals surface area contributed by atoms with Gasteiger partial charge in [-0.2, -0.15) is 0 Å². The number of carboxylic acids is 1. The zero-order valence-corrected chi connectivity index (χ0v) is 8.43. The highest BCUT2D eigenvalue weighted by molar-refractivity contribution is 8.22. The van der Waals surface area contributed by atoms with Gasteiger partial charge < -0.3 is 5.11 Å². The third-order valence-electron chi connectivity index (χ3n) is 1.97. The van der Waals surface area contributed by atoms with Gasteiger partial charge in [0.2, 0.25) is 5.91 Å². The van der Waals surface area contributed by atoms with Gasteiger partial charge in [-0.05, 0) is 6.08 Å². The second-order valence-corrected chi connectivity index (χ2v) is 4.86. The van der Waals surface area contributed by atoms with E-state index in [0.717, 1.165) is 0 Å². The molecule has 2 aliphatic rings. The van der Waals surface area contributed by atoms with Crippen molar-refractivity contribution in [1.29, 1.82) is 0 Å². The first-order chi connectivity index (χ1) is 6.63. The average molecular weight is 231 g/mol. The highest BCUT2D eigenvalue weighted by atomic mass is 32.2. The Labute approximate surface area is 86.8 Å². The highest BCUT2D eigenvalue weighted by Gasteiger charge is 2.44. The Morgan fingerprint density at radius 1 is 1.71 bits per heavy atom. The maximum atomic E-state index is 11.1. The van der Waals surface area contributed by atoms with Gasteiger partial charge in [-0.15, -0.1) is 0 Å². The molecule has 7 heteroatoms. The van der Waals surface area contributed by atoms with Crippen LogP contribution >= 0.6 is 11.8 Å². The van der Waals surface area contributed by atoms with Gasteiger partial charge in [0.25, 0.3) is 0 Å². The number of carbonyl (C=O) groups excluding carboxylic acids is 1. The number of carbonyl (C=O) groups is 2. The molecule has 0 unspecified atom stereocenters. The Balaban J connectivity index is 2.42. The molecule has 1 atom stereocenters. The lowest BCUT2D eigenvalue weighted by molar-refractivity contribution is -0.145. The van der Waals surface area contributed by atoms with Gasteiger partial charge in [0, 0.05) is 0 Å². The maximum absolute atomic E-state index is 11.1. The molecular weight excluding hydrogens is 226 g/mol. The van der Waals surface area contributed by atoms with Gasteiger partial charge in [0.15, 0.2) is 0 Å². The van der Waals surface area contributed by atoms with E-state index >= 15 is 0 Å². The molecule has 0 bridgehead atoms. The maximum Gasteiger partial charge on any atom is 0.352 e. The Hall–Kier alpha value is -1.08. The van der Waals surface area contributed by atoms with Crippen LogP contribution in [0, 0.1) is 0 Å². The summed E-state index contributed by atoms with van der Waals surface area (Å²) in [7, 11) is 0. The van der Waals surface area contributed by atoms with Crippen LogP contribution < -0.4 is 0 Å².